The molecule has 1 aromatic rings. The Bertz CT molecular complexity index is 559. The molecule has 0 aliphatic carbocycles. The fourth-order valence-electron chi connectivity index (χ4n) is 1.79. The molecule has 1 aromatic heterocycles. The number of nitrogens with zero attached hydrogens (tertiary/aromatic N) is 1. The number of carbonyl (C=O) groups is 2. The van der Waals surface area contributed by atoms with Crippen LogP contribution in [0.5, 0.6) is 0 Å². The smallest absolute Gasteiger partial charge is 0.353 e. The van der Waals surface area contributed by atoms with Gasteiger partial charge in [-0.05, 0) is 17.5 Å². The third kappa shape index (κ3) is 1.52. The van der Waals surface area contributed by atoms with E-state index in [1.54, 1.807) is 11.3 Å². The quantitative estimate of drug-likeness (QED) is 0.656. The van der Waals surface area contributed by atoms with Crippen molar-refractivity contribution in [1.29, 1.82) is 0 Å². The van der Waals surface area contributed by atoms with E-state index >= 15 is 0 Å². The van der Waals surface area contributed by atoms with E-state index in [0.717, 1.165) is 4.88 Å². The molecule has 3 heterocycles. The molecule has 0 spiro atoms. The predicted molar refractivity (Wildman–Crippen MR) is 66.2 cm³/mol. The number of β-lactam (4-membered cyclic amide) rings is 1. The number of hydrogen-bond donors (Lipinski definition) is 1. The number of carboxylic acids is 1. The lowest BCUT2D eigenvalue weighted by molar-refractivity contribution is -0.141. The lowest BCUT2D eigenvalue weighted by Gasteiger charge is -2.37. The van der Waals surface area contributed by atoms with Crippen LogP contribution in [0.1, 0.15) is 4.88 Å². The summed E-state index contributed by atoms with van der Waals surface area (Å²) >= 11 is 2.91. The summed E-state index contributed by atoms with van der Waals surface area (Å²) in [4.78, 5) is 25.0. The van der Waals surface area contributed by atoms with Gasteiger partial charge < -0.3 is 5.11 Å². The Hall–Kier alpha value is -1.53. The van der Waals surface area contributed by atoms with Crippen molar-refractivity contribution < 1.29 is 14.7 Å². The average Bonchev–Trinajstić information content (AvgIpc) is 2.93. The van der Waals surface area contributed by atoms with Gasteiger partial charge in [-0.3, -0.25) is 9.69 Å². The monoisotopic (exact) mass is 265 g/mol. The third-order valence-corrected chi connectivity index (χ3v) is 4.50. The second-order valence-electron chi connectivity index (χ2n) is 3.59. The Kier molecular flexibility index (Phi) is 2.34. The van der Waals surface area contributed by atoms with Crippen molar-refractivity contribution in [1.82, 2.24) is 4.90 Å². The molecule has 0 bridgehead atoms. The van der Waals surface area contributed by atoms with E-state index in [2.05, 4.69) is 0 Å². The van der Waals surface area contributed by atoms with Gasteiger partial charge in [-0.25, -0.2) is 4.79 Å². The fraction of sp³-hybridized carbons (Fsp3) is 0.0909. The number of thioether (sulfide) groups is 1. The summed E-state index contributed by atoms with van der Waals surface area (Å²) in [5.41, 5.74) is 0.748. The first-order valence-corrected chi connectivity index (χ1v) is 6.68. The van der Waals surface area contributed by atoms with Crippen LogP contribution in [0, 0.1) is 0 Å². The normalized spacial score (nSPS) is 24.6. The Balaban J connectivity index is 1.87. The summed E-state index contributed by atoms with van der Waals surface area (Å²) in [5.74, 6) is -1.26. The van der Waals surface area contributed by atoms with E-state index in [1.165, 1.54) is 22.1 Å². The van der Waals surface area contributed by atoms with E-state index in [4.69, 9.17) is 5.11 Å². The zero-order chi connectivity index (χ0) is 12.0. The van der Waals surface area contributed by atoms with Crippen molar-refractivity contribution in [2.75, 3.05) is 0 Å². The van der Waals surface area contributed by atoms with Crippen LogP contribution in [0.15, 0.2) is 34.2 Å². The molecule has 0 saturated carbocycles. The molecule has 0 radical (unpaired) electrons. The second kappa shape index (κ2) is 3.75. The standard InChI is InChI=1S/C11H7NO3S2/c13-9-7(4-6-2-1-3-16-6)10-12(9)8(5-17-10)11(14)15/h1-5,10H,(H,14,15)/t10-/m1/s1. The number of rotatable bonds is 2. The van der Waals surface area contributed by atoms with Crippen molar-refractivity contribution in [3.63, 3.8) is 0 Å². The number of carboxylic acid groups (broad SMARTS) is 1. The predicted octanol–water partition coefficient (Wildman–Crippen LogP) is 1.97. The summed E-state index contributed by atoms with van der Waals surface area (Å²) in [7, 11) is 0. The minimum absolute atomic E-state index is 0.0772. The van der Waals surface area contributed by atoms with Gasteiger partial charge in [0.2, 0.25) is 0 Å². The first-order valence-electron chi connectivity index (χ1n) is 4.86. The number of aliphatic carboxylic acids is 1. The molecule has 1 atom stereocenters. The van der Waals surface area contributed by atoms with Gasteiger partial charge in [0, 0.05) is 10.3 Å². The molecule has 6 heteroatoms. The molecule has 3 rings (SSSR count). The number of thiophene rings is 1. The molecule has 1 saturated heterocycles. The highest BCUT2D eigenvalue weighted by Gasteiger charge is 2.49. The van der Waals surface area contributed by atoms with Gasteiger partial charge in [-0.1, -0.05) is 6.07 Å². The van der Waals surface area contributed by atoms with Gasteiger partial charge in [-0.2, -0.15) is 0 Å². The summed E-state index contributed by atoms with van der Waals surface area (Å²) in [6.07, 6.45) is 1.83. The highest BCUT2D eigenvalue weighted by atomic mass is 32.2. The first-order chi connectivity index (χ1) is 8.18. The van der Waals surface area contributed by atoms with Crippen LogP contribution in [0.4, 0.5) is 0 Å². The zero-order valence-corrected chi connectivity index (χ0v) is 10.1. The van der Waals surface area contributed by atoms with E-state index in [9.17, 15) is 9.59 Å². The molecule has 2 aliphatic heterocycles. The number of amides is 1. The Morgan fingerprint density at radius 1 is 1.53 bits per heavy atom. The van der Waals surface area contributed by atoms with Crippen molar-refractivity contribution in [3.05, 3.63) is 39.1 Å². The van der Waals surface area contributed by atoms with Crippen LogP contribution in [0.2, 0.25) is 0 Å². The van der Waals surface area contributed by atoms with Crippen LogP contribution in [-0.2, 0) is 9.59 Å². The van der Waals surface area contributed by atoms with Crippen molar-refractivity contribution in [2.45, 2.75) is 5.37 Å². The maximum atomic E-state index is 11.8. The lowest BCUT2D eigenvalue weighted by Crippen LogP contribution is -2.51. The summed E-state index contributed by atoms with van der Waals surface area (Å²) < 4.78 is 0. The molecule has 4 nitrogen and oxygen atoms in total. The second-order valence-corrected chi connectivity index (χ2v) is 5.52. The van der Waals surface area contributed by atoms with Crippen LogP contribution in [0.25, 0.3) is 6.08 Å². The average molecular weight is 265 g/mol. The maximum Gasteiger partial charge on any atom is 0.353 e. The molecular formula is C11H7NO3S2. The van der Waals surface area contributed by atoms with Gasteiger partial charge in [0.25, 0.3) is 5.91 Å². The van der Waals surface area contributed by atoms with Gasteiger partial charge in [0.05, 0.1) is 5.57 Å². The Labute approximate surface area is 105 Å². The van der Waals surface area contributed by atoms with E-state index in [-0.39, 0.29) is 17.0 Å². The van der Waals surface area contributed by atoms with Crippen LogP contribution in [-0.4, -0.2) is 27.3 Å². The van der Waals surface area contributed by atoms with Crippen molar-refractivity contribution in [3.8, 4) is 0 Å². The van der Waals surface area contributed by atoms with Crippen LogP contribution in [0.3, 0.4) is 0 Å². The molecule has 86 valence electrons. The molecule has 17 heavy (non-hydrogen) atoms. The fourth-order valence-corrected chi connectivity index (χ4v) is 3.58. The first kappa shape index (κ1) is 10.6. The molecule has 0 unspecified atom stereocenters. The maximum absolute atomic E-state index is 11.8. The van der Waals surface area contributed by atoms with E-state index < -0.39 is 5.97 Å². The minimum atomic E-state index is -1.05. The largest absolute Gasteiger partial charge is 0.477 e. The van der Waals surface area contributed by atoms with Crippen LogP contribution < -0.4 is 0 Å². The van der Waals surface area contributed by atoms with Crippen molar-refractivity contribution in [2.24, 2.45) is 0 Å². The van der Waals surface area contributed by atoms with Gasteiger partial charge in [-0.15, -0.1) is 23.1 Å². The number of fused-ring (bicyclic) bond motifs is 1. The highest BCUT2D eigenvalue weighted by molar-refractivity contribution is 8.03. The Morgan fingerprint density at radius 2 is 2.35 bits per heavy atom. The summed E-state index contributed by atoms with van der Waals surface area (Å²) in [6, 6.07) is 3.85. The third-order valence-electron chi connectivity index (χ3n) is 2.59. The number of carbonyl (C=O) groups excluding carboxylic acids is 1. The molecule has 1 fully saturated rings. The lowest BCUT2D eigenvalue weighted by atomic mass is 10.0. The van der Waals surface area contributed by atoms with E-state index in [1.807, 2.05) is 23.6 Å². The van der Waals surface area contributed by atoms with Gasteiger partial charge in [0.1, 0.15) is 11.1 Å². The van der Waals surface area contributed by atoms with Gasteiger partial charge >= 0.3 is 5.97 Å². The molecule has 1 N–H and O–H groups in total. The molecule has 2 aliphatic rings. The zero-order valence-electron chi connectivity index (χ0n) is 8.49. The molecule has 1 amide bonds. The topological polar surface area (TPSA) is 57.6 Å². The number of hydrogen-bond acceptors (Lipinski definition) is 4. The summed E-state index contributed by atoms with van der Waals surface area (Å²) in [5, 5.41) is 12.2. The minimum Gasteiger partial charge on any atom is -0.477 e. The highest BCUT2D eigenvalue weighted by Crippen LogP contribution is 2.45. The molecule has 0 aromatic carbocycles. The van der Waals surface area contributed by atoms with Gasteiger partial charge in [0.15, 0.2) is 0 Å². The summed E-state index contributed by atoms with van der Waals surface area (Å²) in [6.45, 7) is 0. The Morgan fingerprint density at radius 3 is 3.00 bits per heavy atom. The molecular weight excluding hydrogens is 258 g/mol. The SMILES string of the molecule is O=C(O)C1=CS[C@@H]2C(=Cc3cccs3)C(=O)N12. The van der Waals surface area contributed by atoms with Crippen LogP contribution >= 0.6 is 23.1 Å². The van der Waals surface area contributed by atoms with E-state index in [0.29, 0.717) is 5.57 Å². The van der Waals surface area contributed by atoms with Crippen molar-refractivity contribution >= 4 is 41.1 Å².